The molecule has 2 heterocycles. The number of Topliss-reactive ketones (excluding diaryl/α,β-unsaturated/α-hetero) is 1. The lowest BCUT2D eigenvalue weighted by Gasteiger charge is -2.44. The van der Waals surface area contributed by atoms with Crippen LogP contribution in [0, 0.1) is 5.41 Å². The zero-order valence-corrected chi connectivity index (χ0v) is 21.2. The molecular formula is C21H34N2O8S2. The molecule has 5 atom stereocenters. The highest BCUT2D eigenvalue weighted by molar-refractivity contribution is 8.77. The largest absolute Gasteiger partial charge is 0.463 e. The van der Waals surface area contributed by atoms with Gasteiger partial charge in [0.15, 0.2) is 0 Å². The number of aliphatic hydroxyl groups excluding tert-OH is 3. The Kier molecular flexibility index (Phi) is 9.25. The van der Waals surface area contributed by atoms with Crippen molar-refractivity contribution in [2.24, 2.45) is 5.41 Å². The van der Waals surface area contributed by atoms with Crippen molar-refractivity contribution in [3.63, 3.8) is 0 Å². The van der Waals surface area contributed by atoms with Crippen molar-refractivity contribution in [1.29, 1.82) is 0 Å². The van der Waals surface area contributed by atoms with Crippen LogP contribution in [0.4, 0.5) is 0 Å². The Balaban J connectivity index is 1.88. The quantitative estimate of drug-likeness (QED) is 0.132. The first-order valence-electron chi connectivity index (χ1n) is 10.8. The summed E-state index contributed by atoms with van der Waals surface area (Å²) in [5.74, 6) is -1.65. The Hall–Kier alpha value is -1.34. The summed E-state index contributed by atoms with van der Waals surface area (Å²) in [5, 5.41) is 32.8. The molecule has 0 radical (unpaired) electrons. The lowest BCUT2D eigenvalue weighted by atomic mass is 9.90. The number of nitrogens with zero attached hydrogens (tertiary/aromatic N) is 1. The number of fused-ring (bicyclic) bond motifs is 1. The maximum Gasteiger partial charge on any atom is 0.314 e. The summed E-state index contributed by atoms with van der Waals surface area (Å²) in [6.07, 6.45) is -4.16. The highest BCUT2D eigenvalue weighted by Gasteiger charge is 2.55. The highest BCUT2D eigenvalue weighted by atomic mass is 33.1. The van der Waals surface area contributed by atoms with Gasteiger partial charge in [-0.05, 0) is 47.5 Å². The number of ether oxygens (including phenoxy) is 1. The average Bonchev–Trinajstić information content (AvgIpc) is 3.03. The molecule has 33 heavy (non-hydrogen) atoms. The fourth-order valence-corrected chi connectivity index (χ4v) is 6.44. The van der Waals surface area contributed by atoms with Gasteiger partial charge >= 0.3 is 17.8 Å². The van der Waals surface area contributed by atoms with E-state index in [2.05, 4.69) is 19.2 Å². The SMILES string of the molecule is CC(=O)CCC(C)(C)SSCCC(C)(C)C(=O)OC[C@@H]1[C@@H](O)[C@H](O)[C@H](O)[C@H]2NC(=O)C(=O)N12. The van der Waals surface area contributed by atoms with Crippen LogP contribution < -0.4 is 5.32 Å². The molecule has 188 valence electrons. The number of piperidine rings is 1. The molecule has 0 aromatic carbocycles. The molecule has 0 aromatic rings. The minimum atomic E-state index is -1.62. The van der Waals surface area contributed by atoms with Gasteiger partial charge in [0.05, 0.1) is 11.5 Å². The topological polar surface area (TPSA) is 153 Å². The maximum atomic E-state index is 12.7. The lowest BCUT2D eigenvalue weighted by molar-refractivity contribution is -0.184. The summed E-state index contributed by atoms with van der Waals surface area (Å²) in [7, 11) is 3.28. The van der Waals surface area contributed by atoms with Crippen LogP contribution in [0.5, 0.6) is 0 Å². The zero-order valence-electron chi connectivity index (χ0n) is 19.6. The molecular weight excluding hydrogens is 472 g/mol. The first-order valence-corrected chi connectivity index (χ1v) is 13.1. The van der Waals surface area contributed by atoms with Crippen LogP contribution in [0.1, 0.15) is 53.9 Å². The number of amides is 2. The van der Waals surface area contributed by atoms with Crippen molar-refractivity contribution in [1.82, 2.24) is 10.2 Å². The molecule has 2 amide bonds. The van der Waals surface area contributed by atoms with Gasteiger partial charge in [-0.1, -0.05) is 21.6 Å². The van der Waals surface area contributed by atoms with E-state index in [-0.39, 0.29) is 10.5 Å². The van der Waals surface area contributed by atoms with E-state index in [1.807, 2.05) is 0 Å². The normalized spacial score (nSPS) is 27.9. The standard InChI is InChI=1S/C21H34N2O8S2/c1-11(24)6-7-21(4,5)33-32-9-8-20(2,3)19(30)31-10-12-13(25)14(26)15(27)16-22-17(28)18(29)23(12)16/h12-16,25-27H,6-10H2,1-5H3,(H,22,28)/t12-,13-,14+,15+,16+/m1/s1. The van der Waals surface area contributed by atoms with Gasteiger partial charge in [-0.2, -0.15) is 0 Å². The molecule has 2 fully saturated rings. The second-order valence-corrected chi connectivity index (χ2v) is 12.9. The van der Waals surface area contributed by atoms with Crippen molar-refractivity contribution in [2.75, 3.05) is 12.4 Å². The molecule has 2 aliphatic rings. The minimum Gasteiger partial charge on any atom is -0.463 e. The number of carbonyl (C=O) groups is 4. The van der Waals surface area contributed by atoms with E-state index in [0.29, 0.717) is 18.6 Å². The van der Waals surface area contributed by atoms with Gasteiger partial charge in [0, 0.05) is 16.9 Å². The third-order valence-corrected chi connectivity index (χ3v) is 9.25. The lowest BCUT2D eigenvalue weighted by Crippen LogP contribution is -2.68. The molecule has 0 saturated carbocycles. The van der Waals surface area contributed by atoms with E-state index in [1.54, 1.807) is 42.4 Å². The van der Waals surface area contributed by atoms with E-state index in [4.69, 9.17) is 4.74 Å². The molecule has 0 aliphatic carbocycles. The number of hydrogen-bond donors (Lipinski definition) is 4. The van der Waals surface area contributed by atoms with Gasteiger partial charge in [0.1, 0.15) is 36.9 Å². The molecule has 2 rings (SSSR count). The van der Waals surface area contributed by atoms with Crippen LogP contribution in [0.25, 0.3) is 0 Å². The van der Waals surface area contributed by atoms with Crippen LogP contribution >= 0.6 is 21.6 Å². The van der Waals surface area contributed by atoms with Gasteiger partial charge in [-0.15, -0.1) is 0 Å². The molecule has 0 bridgehead atoms. The molecule has 0 spiro atoms. The Morgan fingerprint density at radius 1 is 1.06 bits per heavy atom. The van der Waals surface area contributed by atoms with E-state index < -0.39 is 60.3 Å². The van der Waals surface area contributed by atoms with Gasteiger partial charge in [-0.3, -0.25) is 14.4 Å². The Bertz CT molecular complexity index is 775. The third-order valence-electron chi connectivity index (χ3n) is 5.89. The second kappa shape index (κ2) is 10.9. The number of nitrogens with one attached hydrogen (secondary N) is 1. The minimum absolute atomic E-state index is 0.0756. The van der Waals surface area contributed by atoms with Gasteiger partial charge in [0.2, 0.25) is 0 Å². The zero-order chi connectivity index (χ0) is 25.1. The molecule has 10 nitrogen and oxygen atoms in total. The first kappa shape index (κ1) is 27.9. The van der Waals surface area contributed by atoms with E-state index >= 15 is 0 Å². The summed E-state index contributed by atoms with van der Waals surface area (Å²) >= 11 is 0. The fourth-order valence-electron chi connectivity index (χ4n) is 3.55. The second-order valence-electron chi connectivity index (χ2n) is 9.77. The molecule has 4 N–H and O–H groups in total. The number of hydrogen-bond acceptors (Lipinski definition) is 10. The highest BCUT2D eigenvalue weighted by Crippen LogP contribution is 2.40. The Labute approximate surface area is 201 Å². The smallest absolute Gasteiger partial charge is 0.314 e. The fraction of sp³-hybridized carbons (Fsp3) is 0.810. The van der Waals surface area contributed by atoms with Crippen molar-refractivity contribution in [2.45, 2.75) is 89.1 Å². The third kappa shape index (κ3) is 6.84. The van der Waals surface area contributed by atoms with Crippen LogP contribution in [-0.2, 0) is 23.9 Å². The summed E-state index contributed by atoms with van der Waals surface area (Å²) in [6.45, 7) is 8.74. The molecule has 2 saturated heterocycles. The van der Waals surface area contributed by atoms with Crippen molar-refractivity contribution >= 4 is 45.2 Å². The summed E-state index contributed by atoms with van der Waals surface area (Å²) < 4.78 is 5.30. The van der Waals surface area contributed by atoms with Crippen LogP contribution in [0.15, 0.2) is 0 Å². The van der Waals surface area contributed by atoms with Gasteiger partial charge in [-0.25, -0.2) is 0 Å². The molecule has 0 unspecified atom stereocenters. The summed E-state index contributed by atoms with van der Waals surface area (Å²) in [4.78, 5) is 48.7. The monoisotopic (exact) mass is 506 g/mol. The predicted octanol–water partition coefficient (Wildman–Crippen LogP) is 0.225. The average molecular weight is 507 g/mol. The molecule has 12 heteroatoms. The Morgan fingerprint density at radius 2 is 1.70 bits per heavy atom. The van der Waals surface area contributed by atoms with E-state index in [9.17, 15) is 34.5 Å². The number of esters is 1. The van der Waals surface area contributed by atoms with E-state index in [1.165, 1.54) is 0 Å². The number of aliphatic hydroxyl groups is 3. The van der Waals surface area contributed by atoms with Crippen LogP contribution in [0.3, 0.4) is 0 Å². The predicted molar refractivity (Wildman–Crippen MR) is 124 cm³/mol. The van der Waals surface area contributed by atoms with Gasteiger partial charge in [0.25, 0.3) is 0 Å². The van der Waals surface area contributed by atoms with Crippen molar-refractivity contribution < 1.29 is 39.2 Å². The number of rotatable bonds is 11. The number of carbonyl (C=O) groups excluding carboxylic acids is 4. The molecule has 0 aromatic heterocycles. The Morgan fingerprint density at radius 3 is 2.30 bits per heavy atom. The van der Waals surface area contributed by atoms with Gasteiger partial charge < -0.3 is 35.1 Å². The maximum absolute atomic E-state index is 12.7. The first-order chi connectivity index (χ1) is 15.2. The van der Waals surface area contributed by atoms with Crippen LogP contribution in [-0.4, -0.2) is 91.4 Å². The summed E-state index contributed by atoms with van der Waals surface area (Å²) in [6, 6.07) is -1.17. The van der Waals surface area contributed by atoms with E-state index in [0.717, 1.165) is 11.3 Å². The van der Waals surface area contributed by atoms with Crippen molar-refractivity contribution in [3.05, 3.63) is 0 Å². The van der Waals surface area contributed by atoms with Crippen molar-refractivity contribution in [3.8, 4) is 0 Å². The molecule has 2 aliphatic heterocycles. The summed E-state index contributed by atoms with van der Waals surface area (Å²) in [5.41, 5.74) is -0.850. The number of ketones is 1. The van der Waals surface area contributed by atoms with Crippen LogP contribution in [0.2, 0.25) is 0 Å².